The van der Waals surface area contributed by atoms with E-state index < -0.39 is 0 Å². The standard InChI is InChI=1S/C13H17N3O/c17-13(11-6-10-3-4-12(11)16-10)15-8-9-2-1-5-14-7-9/h1-2,5,7,10-12,16H,3-4,6,8H2,(H,15,17). The molecule has 90 valence electrons. The lowest BCUT2D eigenvalue weighted by Crippen LogP contribution is -2.37. The molecular weight excluding hydrogens is 214 g/mol. The van der Waals surface area contributed by atoms with E-state index >= 15 is 0 Å². The van der Waals surface area contributed by atoms with E-state index in [4.69, 9.17) is 0 Å². The van der Waals surface area contributed by atoms with Gasteiger partial charge in [-0.3, -0.25) is 9.78 Å². The number of nitrogens with zero attached hydrogens (tertiary/aromatic N) is 1. The van der Waals surface area contributed by atoms with Gasteiger partial charge in [-0.15, -0.1) is 0 Å². The van der Waals surface area contributed by atoms with Gasteiger partial charge >= 0.3 is 0 Å². The van der Waals surface area contributed by atoms with Crippen LogP contribution < -0.4 is 10.6 Å². The maximum atomic E-state index is 12.0. The van der Waals surface area contributed by atoms with Gasteiger partial charge in [-0.2, -0.15) is 0 Å². The molecule has 2 bridgehead atoms. The topological polar surface area (TPSA) is 54.0 Å². The summed E-state index contributed by atoms with van der Waals surface area (Å²) in [5.74, 6) is 0.360. The number of amides is 1. The van der Waals surface area contributed by atoms with E-state index in [9.17, 15) is 4.79 Å². The fourth-order valence-electron chi connectivity index (χ4n) is 2.94. The van der Waals surface area contributed by atoms with Crippen molar-refractivity contribution in [2.45, 2.75) is 37.9 Å². The number of hydrogen-bond donors (Lipinski definition) is 2. The molecule has 2 saturated heterocycles. The summed E-state index contributed by atoms with van der Waals surface area (Å²) < 4.78 is 0. The highest BCUT2D eigenvalue weighted by atomic mass is 16.1. The van der Waals surface area contributed by atoms with Crippen LogP contribution in [0.25, 0.3) is 0 Å². The highest BCUT2D eigenvalue weighted by Crippen LogP contribution is 2.33. The minimum absolute atomic E-state index is 0.172. The van der Waals surface area contributed by atoms with Gasteiger partial charge in [0.05, 0.1) is 5.92 Å². The summed E-state index contributed by atoms with van der Waals surface area (Å²) in [4.78, 5) is 16.1. The first kappa shape index (κ1) is 10.7. The van der Waals surface area contributed by atoms with Crippen LogP contribution in [0.2, 0.25) is 0 Å². The molecule has 3 rings (SSSR count). The average Bonchev–Trinajstić information content (AvgIpc) is 2.99. The first-order valence-corrected chi connectivity index (χ1v) is 6.25. The lowest BCUT2D eigenvalue weighted by molar-refractivity contribution is -0.125. The van der Waals surface area contributed by atoms with Crippen LogP contribution in [0.15, 0.2) is 24.5 Å². The largest absolute Gasteiger partial charge is 0.352 e. The Morgan fingerprint density at radius 3 is 3.12 bits per heavy atom. The van der Waals surface area contributed by atoms with Crippen LogP contribution in [0.4, 0.5) is 0 Å². The quantitative estimate of drug-likeness (QED) is 0.810. The molecule has 3 heterocycles. The Balaban J connectivity index is 1.54. The number of carbonyl (C=O) groups is 1. The summed E-state index contributed by atoms with van der Waals surface area (Å²) in [7, 11) is 0. The van der Waals surface area contributed by atoms with Gasteiger partial charge in [0.15, 0.2) is 0 Å². The van der Waals surface area contributed by atoms with Gasteiger partial charge in [0, 0.05) is 31.0 Å². The fraction of sp³-hybridized carbons (Fsp3) is 0.538. The van der Waals surface area contributed by atoms with Crippen LogP contribution >= 0.6 is 0 Å². The molecule has 2 N–H and O–H groups in total. The molecule has 1 aromatic rings. The third-order valence-electron chi connectivity index (χ3n) is 3.83. The second-order valence-corrected chi connectivity index (χ2v) is 4.97. The summed E-state index contributed by atoms with van der Waals surface area (Å²) >= 11 is 0. The Bertz CT molecular complexity index is 406. The summed E-state index contributed by atoms with van der Waals surface area (Å²) in [6, 6.07) is 4.86. The molecule has 4 nitrogen and oxygen atoms in total. The maximum Gasteiger partial charge on any atom is 0.225 e. The van der Waals surface area contributed by atoms with Gasteiger partial charge in [-0.25, -0.2) is 0 Å². The molecular formula is C13H17N3O. The second-order valence-electron chi connectivity index (χ2n) is 4.97. The van der Waals surface area contributed by atoms with Crippen LogP contribution in [0.3, 0.4) is 0 Å². The van der Waals surface area contributed by atoms with Gasteiger partial charge in [-0.1, -0.05) is 6.07 Å². The van der Waals surface area contributed by atoms with Gasteiger partial charge in [0.25, 0.3) is 0 Å². The Morgan fingerprint density at radius 2 is 2.47 bits per heavy atom. The van der Waals surface area contributed by atoms with Crippen molar-refractivity contribution in [1.29, 1.82) is 0 Å². The molecule has 2 aliphatic heterocycles. The van der Waals surface area contributed by atoms with E-state index in [-0.39, 0.29) is 11.8 Å². The summed E-state index contributed by atoms with van der Waals surface area (Å²) in [6.45, 7) is 0.584. The van der Waals surface area contributed by atoms with Crippen LogP contribution in [0.1, 0.15) is 24.8 Å². The van der Waals surface area contributed by atoms with E-state index in [2.05, 4.69) is 15.6 Å². The molecule has 2 fully saturated rings. The van der Waals surface area contributed by atoms with Gasteiger partial charge in [0.2, 0.25) is 5.91 Å². The van der Waals surface area contributed by atoms with Crippen molar-refractivity contribution in [2.75, 3.05) is 0 Å². The van der Waals surface area contributed by atoms with Crippen molar-refractivity contribution in [1.82, 2.24) is 15.6 Å². The Hall–Kier alpha value is -1.42. The summed E-state index contributed by atoms with van der Waals surface area (Å²) in [5, 5.41) is 6.49. The van der Waals surface area contributed by atoms with Crippen molar-refractivity contribution < 1.29 is 4.79 Å². The molecule has 0 aromatic carbocycles. The van der Waals surface area contributed by atoms with Crippen molar-refractivity contribution in [3.05, 3.63) is 30.1 Å². The molecule has 0 aliphatic carbocycles. The molecule has 0 saturated carbocycles. The van der Waals surface area contributed by atoms with Gasteiger partial charge in [0.1, 0.15) is 0 Å². The number of rotatable bonds is 3. The lowest BCUT2D eigenvalue weighted by Gasteiger charge is -2.19. The van der Waals surface area contributed by atoms with Crippen LogP contribution in [0, 0.1) is 5.92 Å². The van der Waals surface area contributed by atoms with Gasteiger partial charge in [-0.05, 0) is 30.9 Å². The first-order valence-electron chi connectivity index (χ1n) is 6.25. The van der Waals surface area contributed by atoms with E-state index in [0.29, 0.717) is 18.6 Å². The summed E-state index contributed by atoms with van der Waals surface area (Å²) in [6.07, 6.45) is 6.92. The van der Waals surface area contributed by atoms with Gasteiger partial charge < -0.3 is 10.6 Å². The van der Waals surface area contributed by atoms with Crippen molar-refractivity contribution in [2.24, 2.45) is 5.92 Å². The highest BCUT2D eigenvalue weighted by molar-refractivity contribution is 5.80. The van der Waals surface area contributed by atoms with E-state index in [1.165, 1.54) is 6.42 Å². The highest BCUT2D eigenvalue weighted by Gasteiger charge is 2.42. The van der Waals surface area contributed by atoms with Crippen LogP contribution in [-0.4, -0.2) is 23.0 Å². The van der Waals surface area contributed by atoms with Crippen LogP contribution in [0.5, 0.6) is 0 Å². The zero-order valence-electron chi connectivity index (χ0n) is 9.73. The molecule has 0 radical (unpaired) electrons. The van der Waals surface area contributed by atoms with E-state index in [0.717, 1.165) is 18.4 Å². The molecule has 0 spiro atoms. The third-order valence-corrected chi connectivity index (χ3v) is 3.83. The summed E-state index contributed by atoms with van der Waals surface area (Å²) in [5.41, 5.74) is 1.05. The molecule has 17 heavy (non-hydrogen) atoms. The second kappa shape index (κ2) is 4.45. The van der Waals surface area contributed by atoms with Crippen molar-refractivity contribution in [3.63, 3.8) is 0 Å². The van der Waals surface area contributed by atoms with Crippen molar-refractivity contribution >= 4 is 5.91 Å². The average molecular weight is 231 g/mol. The number of hydrogen-bond acceptors (Lipinski definition) is 3. The zero-order valence-corrected chi connectivity index (χ0v) is 9.73. The van der Waals surface area contributed by atoms with Crippen molar-refractivity contribution in [3.8, 4) is 0 Å². The predicted molar refractivity (Wildman–Crippen MR) is 64.1 cm³/mol. The minimum Gasteiger partial charge on any atom is -0.352 e. The number of nitrogens with one attached hydrogen (secondary N) is 2. The monoisotopic (exact) mass is 231 g/mol. The van der Waals surface area contributed by atoms with E-state index in [1.54, 1.807) is 12.4 Å². The normalized spacial score (nSPS) is 30.5. The fourth-order valence-corrected chi connectivity index (χ4v) is 2.94. The molecule has 1 aromatic heterocycles. The first-order chi connectivity index (χ1) is 8.33. The smallest absolute Gasteiger partial charge is 0.225 e. The number of aromatic nitrogens is 1. The maximum absolute atomic E-state index is 12.0. The molecule has 2 aliphatic rings. The van der Waals surface area contributed by atoms with E-state index in [1.807, 2.05) is 12.1 Å². The molecule has 3 unspecified atom stereocenters. The van der Waals surface area contributed by atoms with Crippen LogP contribution in [-0.2, 0) is 11.3 Å². The number of pyridine rings is 1. The number of fused-ring (bicyclic) bond motifs is 2. The third kappa shape index (κ3) is 2.17. The molecule has 3 atom stereocenters. The molecule has 4 heteroatoms. The molecule has 1 amide bonds. The SMILES string of the molecule is O=C(NCc1cccnc1)C1CC2CCC1N2. The zero-order chi connectivity index (χ0) is 11.7. The minimum atomic E-state index is 0.172. The lowest BCUT2D eigenvalue weighted by atomic mass is 9.88. The predicted octanol–water partition coefficient (Wildman–Crippen LogP) is 0.838. The Labute approximate surface area is 101 Å². The number of carbonyl (C=O) groups excluding carboxylic acids is 1. The Morgan fingerprint density at radius 1 is 1.53 bits per heavy atom. The Kier molecular flexibility index (Phi) is 2.81.